The van der Waals surface area contributed by atoms with E-state index in [0.717, 1.165) is 19.5 Å². The van der Waals surface area contributed by atoms with E-state index in [9.17, 15) is 4.79 Å². The number of benzene rings is 1. The first-order valence-corrected chi connectivity index (χ1v) is 8.78. The molecule has 140 valence electrons. The molecular weight excluding hydrogens is 330 g/mol. The Kier molecular flexibility index (Phi) is 8.59. The number of carbonyl (C=O) groups excluding carboxylic acids is 1. The number of hydrogen-bond donors (Lipinski definition) is 1. The van der Waals surface area contributed by atoms with Gasteiger partial charge in [-0.25, -0.2) is 4.98 Å². The largest absolute Gasteiger partial charge is 0.475 e. The van der Waals surface area contributed by atoms with Gasteiger partial charge in [0.2, 0.25) is 5.88 Å². The maximum atomic E-state index is 12.4. The third-order valence-electron chi connectivity index (χ3n) is 3.84. The molecule has 26 heavy (non-hydrogen) atoms. The Morgan fingerprint density at radius 1 is 1.15 bits per heavy atom. The Balaban J connectivity index is 1.73. The Labute approximate surface area is 155 Å². The summed E-state index contributed by atoms with van der Waals surface area (Å²) in [6.45, 7) is 3.21. The number of amides is 1. The van der Waals surface area contributed by atoms with Crippen LogP contribution in [-0.2, 0) is 11.3 Å². The number of rotatable bonds is 11. The summed E-state index contributed by atoms with van der Waals surface area (Å²) in [5, 5.41) is 2.93. The lowest BCUT2D eigenvalue weighted by Crippen LogP contribution is -2.28. The van der Waals surface area contributed by atoms with Gasteiger partial charge in [0.05, 0.1) is 6.61 Å². The first-order valence-electron chi connectivity index (χ1n) is 8.78. The fourth-order valence-corrected chi connectivity index (χ4v) is 2.52. The van der Waals surface area contributed by atoms with Crippen LogP contribution in [0.4, 0.5) is 0 Å². The summed E-state index contributed by atoms with van der Waals surface area (Å²) >= 11 is 0. The number of ether oxygens (including phenoxy) is 2. The van der Waals surface area contributed by atoms with Crippen molar-refractivity contribution in [2.45, 2.75) is 13.0 Å². The van der Waals surface area contributed by atoms with Gasteiger partial charge in [0, 0.05) is 26.4 Å². The lowest BCUT2D eigenvalue weighted by atomic mass is 10.2. The van der Waals surface area contributed by atoms with Gasteiger partial charge in [0.25, 0.3) is 5.91 Å². The molecule has 0 saturated heterocycles. The molecule has 1 aromatic carbocycles. The molecule has 1 aromatic heterocycles. The van der Waals surface area contributed by atoms with Gasteiger partial charge in [-0.1, -0.05) is 30.3 Å². The number of carbonyl (C=O) groups is 1. The Morgan fingerprint density at radius 3 is 2.73 bits per heavy atom. The average Bonchev–Trinajstić information content (AvgIpc) is 2.66. The predicted octanol–water partition coefficient (Wildman–Crippen LogP) is 2.36. The van der Waals surface area contributed by atoms with Crippen molar-refractivity contribution in [2.24, 2.45) is 0 Å². The summed E-state index contributed by atoms with van der Waals surface area (Å²) in [5.74, 6) is 0.166. The van der Waals surface area contributed by atoms with Crippen LogP contribution in [0.3, 0.4) is 0 Å². The van der Waals surface area contributed by atoms with E-state index in [4.69, 9.17) is 9.47 Å². The van der Waals surface area contributed by atoms with Crippen LogP contribution in [0.5, 0.6) is 5.88 Å². The maximum absolute atomic E-state index is 12.4. The molecular formula is C20H27N3O3. The zero-order valence-corrected chi connectivity index (χ0v) is 15.5. The van der Waals surface area contributed by atoms with Crippen molar-refractivity contribution in [2.75, 3.05) is 40.5 Å². The Morgan fingerprint density at radius 2 is 1.96 bits per heavy atom. The topological polar surface area (TPSA) is 63.7 Å². The smallest absolute Gasteiger partial charge is 0.256 e. The minimum Gasteiger partial charge on any atom is -0.475 e. The Hall–Kier alpha value is -2.44. The lowest BCUT2D eigenvalue weighted by Gasteiger charge is -2.17. The Bertz CT molecular complexity index is 664. The molecule has 0 radical (unpaired) electrons. The normalized spacial score (nSPS) is 10.7. The minimum atomic E-state index is -0.170. The summed E-state index contributed by atoms with van der Waals surface area (Å²) in [6.07, 6.45) is 2.48. The van der Waals surface area contributed by atoms with Gasteiger partial charge < -0.3 is 19.7 Å². The van der Waals surface area contributed by atoms with Gasteiger partial charge in [-0.05, 0) is 37.7 Å². The van der Waals surface area contributed by atoms with E-state index >= 15 is 0 Å². The number of hydrogen-bond acceptors (Lipinski definition) is 5. The SMILES string of the molecule is COCCOc1ncccc1C(=O)NCCCN(C)Cc1ccccc1. The van der Waals surface area contributed by atoms with E-state index in [2.05, 4.69) is 34.4 Å². The molecule has 0 bridgehead atoms. The molecule has 2 rings (SSSR count). The zero-order valence-electron chi connectivity index (χ0n) is 15.5. The number of pyridine rings is 1. The highest BCUT2D eigenvalue weighted by Crippen LogP contribution is 2.14. The number of methoxy groups -OCH3 is 1. The molecule has 0 atom stereocenters. The molecule has 0 aliphatic rings. The second-order valence-corrected chi connectivity index (χ2v) is 6.03. The molecule has 0 unspecified atom stereocenters. The second kappa shape index (κ2) is 11.2. The third-order valence-corrected chi connectivity index (χ3v) is 3.84. The number of nitrogens with zero attached hydrogens (tertiary/aromatic N) is 2. The summed E-state index contributed by atoms with van der Waals surface area (Å²) in [6, 6.07) is 13.8. The zero-order chi connectivity index (χ0) is 18.6. The molecule has 0 spiro atoms. The molecule has 6 nitrogen and oxygen atoms in total. The summed E-state index contributed by atoms with van der Waals surface area (Å²) < 4.78 is 10.5. The fourth-order valence-electron chi connectivity index (χ4n) is 2.52. The van der Waals surface area contributed by atoms with E-state index in [1.807, 2.05) is 18.2 Å². The lowest BCUT2D eigenvalue weighted by molar-refractivity contribution is 0.0942. The molecule has 1 N–H and O–H groups in total. The van der Waals surface area contributed by atoms with E-state index in [1.54, 1.807) is 25.4 Å². The van der Waals surface area contributed by atoms with Gasteiger partial charge in [0.1, 0.15) is 12.2 Å². The van der Waals surface area contributed by atoms with Gasteiger partial charge in [-0.15, -0.1) is 0 Å². The fraction of sp³-hybridized carbons (Fsp3) is 0.400. The van der Waals surface area contributed by atoms with Crippen LogP contribution in [0.1, 0.15) is 22.3 Å². The molecule has 0 aliphatic heterocycles. The monoisotopic (exact) mass is 357 g/mol. The van der Waals surface area contributed by atoms with E-state index in [1.165, 1.54) is 5.56 Å². The molecule has 0 aliphatic carbocycles. The van der Waals surface area contributed by atoms with E-state index in [-0.39, 0.29) is 5.91 Å². The molecule has 1 amide bonds. The van der Waals surface area contributed by atoms with Crippen molar-refractivity contribution in [3.05, 3.63) is 59.8 Å². The van der Waals surface area contributed by atoms with Gasteiger partial charge in [-0.2, -0.15) is 0 Å². The molecule has 1 heterocycles. The first kappa shape index (κ1) is 19.9. The average molecular weight is 357 g/mol. The second-order valence-electron chi connectivity index (χ2n) is 6.03. The van der Waals surface area contributed by atoms with Crippen LogP contribution in [0.15, 0.2) is 48.7 Å². The maximum Gasteiger partial charge on any atom is 0.256 e. The van der Waals surface area contributed by atoms with Gasteiger partial charge >= 0.3 is 0 Å². The van der Waals surface area contributed by atoms with Gasteiger partial charge in [0.15, 0.2) is 0 Å². The number of nitrogens with one attached hydrogen (secondary N) is 1. The van der Waals surface area contributed by atoms with Crippen molar-refractivity contribution >= 4 is 5.91 Å². The van der Waals surface area contributed by atoms with Crippen molar-refractivity contribution in [3.63, 3.8) is 0 Å². The van der Waals surface area contributed by atoms with Crippen molar-refractivity contribution in [3.8, 4) is 5.88 Å². The highest BCUT2D eigenvalue weighted by atomic mass is 16.5. The van der Waals surface area contributed by atoms with Crippen LogP contribution in [0.25, 0.3) is 0 Å². The van der Waals surface area contributed by atoms with E-state index in [0.29, 0.717) is 31.2 Å². The minimum absolute atomic E-state index is 0.170. The predicted molar refractivity (Wildman–Crippen MR) is 101 cm³/mol. The van der Waals surface area contributed by atoms with E-state index < -0.39 is 0 Å². The quantitative estimate of drug-likeness (QED) is 0.626. The van der Waals surface area contributed by atoms with Crippen LogP contribution >= 0.6 is 0 Å². The first-order chi connectivity index (χ1) is 12.7. The van der Waals surface area contributed by atoms with Crippen LogP contribution in [0.2, 0.25) is 0 Å². The number of aromatic nitrogens is 1. The highest BCUT2D eigenvalue weighted by molar-refractivity contribution is 5.96. The van der Waals surface area contributed by atoms with Crippen molar-refractivity contribution < 1.29 is 14.3 Å². The van der Waals surface area contributed by atoms with Crippen molar-refractivity contribution in [1.29, 1.82) is 0 Å². The van der Waals surface area contributed by atoms with Crippen LogP contribution in [-0.4, -0.2) is 56.3 Å². The van der Waals surface area contributed by atoms with Crippen molar-refractivity contribution in [1.82, 2.24) is 15.2 Å². The molecule has 6 heteroatoms. The standard InChI is InChI=1S/C20H27N3O3/c1-23(16-17-8-4-3-5-9-17)13-7-12-21-19(24)18-10-6-11-22-20(18)26-15-14-25-2/h3-6,8-11H,7,12-16H2,1-2H3,(H,21,24). The van der Waals surface area contributed by atoms with Gasteiger partial charge in [-0.3, -0.25) is 4.79 Å². The molecule has 0 saturated carbocycles. The molecule has 0 fully saturated rings. The van der Waals surface area contributed by atoms with Crippen LogP contribution in [0, 0.1) is 0 Å². The molecule has 2 aromatic rings. The highest BCUT2D eigenvalue weighted by Gasteiger charge is 2.13. The third kappa shape index (κ3) is 6.82. The van der Waals surface area contributed by atoms with Crippen LogP contribution < -0.4 is 10.1 Å². The summed E-state index contributed by atoms with van der Waals surface area (Å²) in [4.78, 5) is 18.7. The summed E-state index contributed by atoms with van der Waals surface area (Å²) in [7, 11) is 3.68. The summed E-state index contributed by atoms with van der Waals surface area (Å²) in [5.41, 5.74) is 1.73.